The SMILES string of the molecule is CN(Cc1cccs1)C(=O)COC(=O)CN1C(=O)NC2(CCCC2)C1=O. The van der Waals surface area contributed by atoms with Crippen LogP contribution in [-0.2, 0) is 25.7 Å². The third-order valence-electron chi connectivity index (χ3n) is 4.75. The van der Waals surface area contributed by atoms with Gasteiger partial charge in [0.25, 0.3) is 11.8 Å². The van der Waals surface area contributed by atoms with Gasteiger partial charge < -0.3 is 15.0 Å². The fourth-order valence-corrected chi connectivity index (χ4v) is 4.05. The van der Waals surface area contributed by atoms with Crippen molar-refractivity contribution >= 4 is 35.2 Å². The summed E-state index contributed by atoms with van der Waals surface area (Å²) in [6.07, 6.45) is 2.93. The smallest absolute Gasteiger partial charge is 0.326 e. The number of imide groups is 1. The molecule has 2 aliphatic rings. The van der Waals surface area contributed by atoms with Crippen molar-refractivity contribution in [2.75, 3.05) is 20.2 Å². The first kappa shape index (κ1) is 18.4. The van der Waals surface area contributed by atoms with Gasteiger partial charge in [-0.25, -0.2) is 4.79 Å². The van der Waals surface area contributed by atoms with Gasteiger partial charge in [-0.2, -0.15) is 0 Å². The highest BCUT2D eigenvalue weighted by Gasteiger charge is 2.52. The van der Waals surface area contributed by atoms with Crippen LogP contribution in [0.4, 0.5) is 4.79 Å². The van der Waals surface area contributed by atoms with Crippen molar-refractivity contribution in [3.63, 3.8) is 0 Å². The molecular weight excluding hydrogens is 358 g/mol. The maximum atomic E-state index is 12.5. The largest absolute Gasteiger partial charge is 0.454 e. The second-order valence-electron chi connectivity index (χ2n) is 6.60. The van der Waals surface area contributed by atoms with E-state index in [9.17, 15) is 19.2 Å². The molecule has 1 aliphatic heterocycles. The van der Waals surface area contributed by atoms with Gasteiger partial charge in [0.15, 0.2) is 6.61 Å². The van der Waals surface area contributed by atoms with Gasteiger partial charge in [0, 0.05) is 11.9 Å². The molecule has 0 aromatic carbocycles. The third kappa shape index (κ3) is 3.72. The lowest BCUT2D eigenvalue weighted by Crippen LogP contribution is -2.44. The molecule has 1 N–H and O–H groups in total. The lowest BCUT2D eigenvalue weighted by molar-refractivity contribution is -0.153. The summed E-state index contributed by atoms with van der Waals surface area (Å²) >= 11 is 1.53. The molecule has 2 heterocycles. The van der Waals surface area contributed by atoms with Crippen molar-refractivity contribution in [3.05, 3.63) is 22.4 Å². The first-order valence-corrected chi connectivity index (χ1v) is 9.35. The number of amides is 4. The Morgan fingerprint density at radius 2 is 2.08 bits per heavy atom. The van der Waals surface area contributed by atoms with E-state index in [1.165, 1.54) is 16.2 Å². The standard InChI is InChI=1S/C17H21N3O5S/c1-19(9-12-5-4-8-26-12)13(21)11-25-14(22)10-20-15(23)17(18-16(20)24)6-2-3-7-17/h4-5,8H,2-3,6-7,9-11H2,1H3,(H,18,24). The van der Waals surface area contributed by atoms with Gasteiger partial charge in [-0.1, -0.05) is 18.9 Å². The average molecular weight is 379 g/mol. The Morgan fingerprint density at radius 1 is 1.35 bits per heavy atom. The van der Waals surface area contributed by atoms with E-state index in [0.29, 0.717) is 19.4 Å². The summed E-state index contributed by atoms with van der Waals surface area (Å²) in [6.45, 7) is -0.465. The van der Waals surface area contributed by atoms with Crippen LogP contribution < -0.4 is 5.32 Å². The fraction of sp³-hybridized carbons (Fsp3) is 0.529. The molecule has 1 aliphatic carbocycles. The van der Waals surface area contributed by atoms with E-state index in [1.54, 1.807) is 7.05 Å². The molecule has 9 heteroatoms. The summed E-state index contributed by atoms with van der Waals surface area (Å²) < 4.78 is 4.95. The lowest BCUT2D eigenvalue weighted by atomic mass is 9.98. The van der Waals surface area contributed by atoms with Crippen LogP contribution in [0.2, 0.25) is 0 Å². The number of hydrogen-bond acceptors (Lipinski definition) is 6. The minimum atomic E-state index is -0.853. The number of ether oxygens (including phenoxy) is 1. The summed E-state index contributed by atoms with van der Waals surface area (Å²) in [5.74, 6) is -1.50. The number of urea groups is 1. The van der Waals surface area contributed by atoms with Crippen molar-refractivity contribution < 1.29 is 23.9 Å². The summed E-state index contributed by atoms with van der Waals surface area (Å²) in [5.41, 5.74) is -0.853. The van der Waals surface area contributed by atoms with Gasteiger partial charge in [-0.15, -0.1) is 11.3 Å². The predicted molar refractivity (Wildman–Crippen MR) is 93.2 cm³/mol. The normalized spacial score (nSPS) is 18.3. The molecule has 140 valence electrons. The van der Waals surface area contributed by atoms with E-state index in [0.717, 1.165) is 22.6 Å². The number of carbonyl (C=O) groups is 4. The lowest BCUT2D eigenvalue weighted by Gasteiger charge is -2.20. The van der Waals surface area contributed by atoms with Gasteiger partial charge in [0.1, 0.15) is 12.1 Å². The highest BCUT2D eigenvalue weighted by molar-refractivity contribution is 7.09. The first-order chi connectivity index (χ1) is 12.4. The first-order valence-electron chi connectivity index (χ1n) is 8.47. The number of carbonyl (C=O) groups excluding carboxylic acids is 4. The van der Waals surface area contributed by atoms with Crippen LogP contribution in [0, 0.1) is 0 Å². The summed E-state index contributed by atoms with van der Waals surface area (Å²) in [5, 5.41) is 4.62. The van der Waals surface area contributed by atoms with Crippen LogP contribution >= 0.6 is 11.3 Å². The zero-order valence-electron chi connectivity index (χ0n) is 14.5. The molecule has 0 radical (unpaired) electrons. The highest BCUT2D eigenvalue weighted by Crippen LogP contribution is 2.34. The van der Waals surface area contributed by atoms with E-state index in [-0.39, 0.29) is 11.8 Å². The second-order valence-corrected chi connectivity index (χ2v) is 7.63. The fourth-order valence-electron chi connectivity index (χ4n) is 3.29. The third-order valence-corrected chi connectivity index (χ3v) is 5.61. The molecule has 26 heavy (non-hydrogen) atoms. The van der Waals surface area contributed by atoms with Crippen LogP contribution in [0.1, 0.15) is 30.6 Å². The molecule has 3 rings (SSSR count). The number of rotatable bonds is 6. The monoisotopic (exact) mass is 379 g/mol. The zero-order chi connectivity index (χ0) is 18.7. The van der Waals surface area contributed by atoms with E-state index < -0.39 is 30.7 Å². The molecule has 1 saturated carbocycles. The van der Waals surface area contributed by atoms with Gasteiger partial charge in [-0.05, 0) is 24.3 Å². The van der Waals surface area contributed by atoms with Crippen molar-refractivity contribution in [1.29, 1.82) is 0 Å². The number of thiophene rings is 1. The van der Waals surface area contributed by atoms with Crippen LogP contribution in [0.15, 0.2) is 17.5 Å². The topological polar surface area (TPSA) is 96.0 Å². The Morgan fingerprint density at radius 3 is 2.73 bits per heavy atom. The molecule has 0 atom stereocenters. The molecule has 8 nitrogen and oxygen atoms in total. The molecule has 0 bridgehead atoms. The minimum Gasteiger partial charge on any atom is -0.454 e. The Balaban J connectivity index is 1.47. The van der Waals surface area contributed by atoms with Crippen molar-refractivity contribution in [2.45, 2.75) is 37.8 Å². The molecular formula is C17H21N3O5S. The predicted octanol–water partition coefficient (Wildman–Crippen LogP) is 1.11. The number of esters is 1. The number of hydrogen-bond donors (Lipinski definition) is 1. The highest BCUT2D eigenvalue weighted by atomic mass is 32.1. The van der Waals surface area contributed by atoms with Crippen LogP contribution in [-0.4, -0.2) is 59.4 Å². The molecule has 1 spiro atoms. The van der Waals surface area contributed by atoms with Crippen molar-refractivity contribution in [1.82, 2.24) is 15.1 Å². The molecule has 4 amide bonds. The van der Waals surface area contributed by atoms with Gasteiger partial charge in [0.05, 0.1) is 6.54 Å². The average Bonchev–Trinajstić information content (AvgIpc) is 3.33. The van der Waals surface area contributed by atoms with Crippen molar-refractivity contribution in [3.8, 4) is 0 Å². The maximum absolute atomic E-state index is 12.5. The number of nitrogens with zero attached hydrogens (tertiary/aromatic N) is 2. The van der Waals surface area contributed by atoms with E-state index in [1.807, 2.05) is 17.5 Å². The quantitative estimate of drug-likeness (QED) is 0.590. The van der Waals surface area contributed by atoms with Gasteiger partial charge >= 0.3 is 12.0 Å². The minimum absolute atomic E-state index is 0.351. The molecule has 1 aromatic rings. The number of likely N-dealkylation sites (N-methyl/N-ethyl adjacent to an activating group) is 1. The molecule has 1 aromatic heterocycles. The Bertz CT molecular complexity index is 712. The van der Waals surface area contributed by atoms with Crippen LogP contribution in [0.3, 0.4) is 0 Å². The van der Waals surface area contributed by atoms with Crippen LogP contribution in [0.25, 0.3) is 0 Å². The Labute approximate surface area is 155 Å². The van der Waals surface area contributed by atoms with E-state index >= 15 is 0 Å². The van der Waals surface area contributed by atoms with Crippen molar-refractivity contribution in [2.24, 2.45) is 0 Å². The van der Waals surface area contributed by atoms with Gasteiger partial charge in [0.2, 0.25) is 0 Å². The van der Waals surface area contributed by atoms with Crippen LogP contribution in [0.5, 0.6) is 0 Å². The Hall–Kier alpha value is -2.42. The number of nitrogens with one attached hydrogen (secondary N) is 1. The molecule has 1 saturated heterocycles. The molecule has 2 fully saturated rings. The summed E-state index contributed by atoms with van der Waals surface area (Å²) in [6, 6.07) is 3.24. The molecule has 0 unspecified atom stereocenters. The zero-order valence-corrected chi connectivity index (χ0v) is 15.3. The Kier molecular flexibility index (Phi) is 5.26. The second kappa shape index (κ2) is 7.45. The summed E-state index contributed by atoms with van der Waals surface area (Å²) in [4.78, 5) is 51.9. The van der Waals surface area contributed by atoms with E-state index in [2.05, 4.69) is 5.32 Å². The van der Waals surface area contributed by atoms with E-state index in [4.69, 9.17) is 4.74 Å². The summed E-state index contributed by atoms with van der Waals surface area (Å²) in [7, 11) is 1.62. The van der Waals surface area contributed by atoms with Gasteiger partial charge in [-0.3, -0.25) is 19.3 Å². The maximum Gasteiger partial charge on any atom is 0.326 e.